The van der Waals surface area contributed by atoms with Gasteiger partial charge in [-0.2, -0.15) is 0 Å². The quantitative estimate of drug-likeness (QED) is 0.394. The minimum absolute atomic E-state index is 0. The fraction of sp³-hybridized carbons (Fsp3) is 0.500. The molecule has 0 N–H and O–H groups in total. The van der Waals surface area contributed by atoms with E-state index in [-0.39, 0.29) is 34.0 Å². The van der Waals surface area contributed by atoms with Crippen LogP contribution < -0.4 is 39.7 Å². The smallest absolute Gasteiger partial charge is 1.00 e. The summed E-state index contributed by atoms with van der Waals surface area (Å²) in [6.45, 7) is 8.37. The van der Waals surface area contributed by atoms with Gasteiger partial charge < -0.3 is 43.4 Å². The molecule has 2 fully saturated rings. The molecular formula is C24H36Br2HfN2O2. The summed E-state index contributed by atoms with van der Waals surface area (Å²) in [5.41, 5.74) is 5.45. The maximum atomic E-state index is 4.94. The average molecular weight is 723 g/mol. The topological polar surface area (TPSA) is 24.9 Å². The molecule has 0 aliphatic carbocycles. The summed E-state index contributed by atoms with van der Waals surface area (Å²) in [6.07, 6.45) is 5.11. The van der Waals surface area contributed by atoms with E-state index < -0.39 is 23.5 Å². The summed E-state index contributed by atoms with van der Waals surface area (Å²) < 4.78 is 14.8. The Labute approximate surface area is 222 Å². The Morgan fingerprint density at radius 1 is 0.613 bits per heavy atom. The second-order valence-corrected chi connectivity index (χ2v) is 13.0. The van der Waals surface area contributed by atoms with Crippen molar-refractivity contribution in [2.45, 2.75) is 39.5 Å². The Hall–Kier alpha value is -0.210. The molecule has 0 saturated carbocycles. The van der Waals surface area contributed by atoms with Crippen molar-refractivity contribution in [1.82, 2.24) is 0 Å². The van der Waals surface area contributed by atoms with Gasteiger partial charge in [-0.1, -0.05) is 0 Å². The first-order valence-corrected chi connectivity index (χ1v) is 13.8. The molecule has 2 aliphatic heterocycles. The van der Waals surface area contributed by atoms with Gasteiger partial charge in [0, 0.05) is 26.4 Å². The maximum Gasteiger partial charge on any atom is -1.00 e. The zero-order chi connectivity index (χ0) is 20.9. The van der Waals surface area contributed by atoms with E-state index in [2.05, 4.69) is 82.2 Å². The molecule has 0 unspecified atom stereocenters. The number of hydrogen-bond donors (Lipinski definition) is 0. The zero-order valence-corrected chi connectivity index (χ0v) is 26.0. The van der Waals surface area contributed by atoms with E-state index in [4.69, 9.17) is 9.47 Å². The molecule has 0 bridgehead atoms. The Morgan fingerprint density at radius 2 is 0.935 bits per heavy atom. The SMILES string of the molecule is C1CCOC1.C1CCOC1.Cc1ccccc1[N](C)[Hf+2][N](C)c1ccccc1C.[Br-].[Br-]. The summed E-state index contributed by atoms with van der Waals surface area (Å²) in [4.78, 5) is 0. The van der Waals surface area contributed by atoms with Crippen molar-refractivity contribution in [2.24, 2.45) is 0 Å². The number of hydrogen-bond acceptors (Lipinski definition) is 4. The number of halogens is 2. The van der Waals surface area contributed by atoms with Crippen LogP contribution in [0.25, 0.3) is 0 Å². The number of aryl methyl sites for hydroxylation is 2. The Kier molecular flexibility index (Phi) is 18.1. The number of ether oxygens (including phenoxy) is 2. The van der Waals surface area contributed by atoms with E-state index in [9.17, 15) is 0 Å². The molecule has 4 rings (SSSR count). The summed E-state index contributed by atoms with van der Waals surface area (Å²) in [7, 11) is 4.44. The third-order valence-corrected chi connectivity index (χ3v) is 8.79. The molecule has 4 nitrogen and oxygen atoms in total. The van der Waals surface area contributed by atoms with Gasteiger partial charge in [-0.3, -0.25) is 0 Å². The van der Waals surface area contributed by atoms with Crippen molar-refractivity contribution in [3.05, 3.63) is 59.7 Å². The predicted octanol–water partition coefficient (Wildman–Crippen LogP) is -0.610. The van der Waals surface area contributed by atoms with Crippen LogP contribution in [0.5, 0.6) is 0 Å². The van der Waals surface area contributed by atoms with E-state index in [0.717, 1.165) is 26.4 Å². The molecule has 2 aliphatic rings. The molecular weight excluding hydrogens is 687 g/mol. The molecule has 7 heteroatoms. The first kappa shape index (κ1) is 30.8. The molecule has 0 aromatic heterocycles. The fourth-order valence-corrected chi connectivity index (χ4v) is 7.43. The van der Waals surface area contributed by atoms with E-state index in [1.165, 1.54) is 48.2 Å². The number of rotatable bonds is 4. The molecule has 0 radical (unpaired) electrons. The van der Waals surface area contributed by atoms with E-state index in [0.29, 0.717) is 0 Å². The van der Waals surface area contributed by atoms with Gasteiger partial charge in [0.25, 0.3) is 0 Å². The van der Waals surface area contributed by atoms with Crippen LogP contribution in [0.4, 0.5) is 11.4 Å². The minimum Gasteiger partial charge on any atom is -1.00 e. The second kappa shape index (κ2) is 18.2. The predicted molar refractivity (Wildman–Crippen MR) is 119 cm³/mol. The Balaban J connectivity index is 0.000000615. The van der Waals surface area contributed by atoms with Gasteiger partial charge in [0.05, 0.1) is 0 Å². The third-order valence-electron chi connectivity index (χ3n) is 4.91. The van der Waals surface area contributed by atoms with Crippen LogP contribution in [0.15, 0.2) is 48.5 Å². The van der Waals surface area contributed by atoms with Crippen molar-refractivity contribution >= 4 is 11.4 Å². The molecule has 31 heavy (non-hydrogen) atoms. The maximum absolute atomic E-state index is 4.94. The molecule has 2 aromatic carbocycles. The van der Waals surface area contributed by atoms with Crippen LogP contribution >= 0.6 is 0 Å². The van der Waals surface area contributed by atoms with E-state index in [1.807, 2.05) is 0 Å². The fourth-order valence-electron chi connectivity index (χ4n) is 3.23. The van der Waals surface area contributed by atoms with Crippen molar-refractivity contribution in [1.29, 1.82) is 0 Å². The van der Waals surface area contributed by atoms with Crippen molar-refractivity contribution in [3.63, 3.8) is 0 Å². The number of anilines is 2. The molecule has 0 spiro atoms. The first-order chi connectivity index (χ1) is 14.1. The second-order valence-electron chi connectivity index (χ2n) is 7.43. The van der Waals surface area contributed by atoms with Gasteiger partial charge in [0.2, 0.25) is 0 Å². The van der Waals surface area contributed by atoms with Gasteiger partial charge in [0.15, 0.2) is 0 Å². The molecule has 172 valence electrons. The van der Waals surface area contributed by atoms with Crippen molar-refractivity contribution in [3.8, 4) is 0 Å². The Bertz CT molecular complexity index is 639. The molecule has 0 atom stereocenters. The van der Waals surface area contributed by atoms with Gasteiger partial charge in [0.1, 0.15) is 0 Å². The third kappa shape index (κ3) is 12.0. The molecule has 0 amide bonds. The monoisotopic (exact) mass is 722 g/mol. The van der Waals surface area contributed by atoms with Crippen molar-refractivity contribution in [2.75, 3.05) is 46.3 Å². The largest absolute Gasteiger partial charge is 1.00 e. The summed E-state index contributed by atoms with van der Waals surface area (Å²) in [5, 5.41) is 0. The Morgan fingerprint density at radius 3 is 1.19 bits per heavy atom. The number of nitrogens with zero attached hydrogens (tertiary/aromatic N) is 2. The van der Waals surface area contributed by atoms with Crippen LogP contribution in [-0.2, 0) is 33.0 Å². The average Bonchev–Trinajstić information content (AvgIpc) is 3.47. The van der Waals surface area contributed by atoms with Gasteiger partial charge >= 0.3 is 128 Å². The standard InChI is InChI=1S/2C8H10N.2C4H8O.2BrH.Hf/c2*1-7-5-3-4-6-8(7)9-2;2*1-2-4-5-3-1;;;/h2*3-6H,1-2H3;2*1-4H2;2*1H;/q2*-1;;;;;+4/p-2. The van der Waals surface area contributed by atoms with Crippen LogP contribution in [0, 0.1) is 13.8 Å². The molecule has 2 aromatic rings. The van der Waals surface area contributed by atoms with Crippen molar-refractivity contribution < 1.29 is 66.9 Å². The normalized spacial score (nSPS) is 13.8. The van der Waals surface area contributed by atoms with Gasteiger partial charge in [-0.15, -0.1) is 0 Å². The van der Waals surface area contributed by atoms with Crippen LogP contribution in [-0.4, -0.2) is 40.5 Å². The van der Waals surface area contributed by atoms with Crippen LogP contribution in [0.2, 0.25) is 0 Å². The van der Waals surface area contributed by atoms with Gasteiger partial charge in [-0.05, 0) is 25.7 Å². The van der Waals surface area contributed by atoms with E-state index >= 15 is 0 Å². The first-order valence-electron chi connectivity index (χ1n) is 10.6. The summed E-state index contributed by atoms with van der Waals surface area (Å²) in [5.74, 6) is 0. The minimum atomic E-state index is -1.07. The zero-order valence-electron chi connectivity index (χ0n) is 19.2. The van der Waals surface area contributed by atoms with Crippen LogP contribution in [0.3, 0.4) is 0 Å². The van der Waals surface area contributed by atoms with Gasteiger partial charge in [-0.25, -0.2) is 0 Å². The summed E-state index contributed by atoms with van der Waals surface area (Å²) in [6, 6.07) is 17.2. The van der Waals surface area contributed by atoms with E-state index in [1.54, 1.807) is 0 Å². The molecule has 2 saturated heterocycles. The number of para-hydroxylation sites is 2. The molecule has 2 heterocycles. The number of benzene rings is 2. The van der Waals surface area contributed by atoms with Crippen LogP contribution in [0.1, 0.15) is 36.8 Å². The summed E-state index contributed by atoms with van der Waals surface area (Å²) >= 11 is -1.07.